The van der Waals surface area contributed by atoms with Crippen LogP contribution in [0.3, 0.4) is 0 Å². The van der Waals surface area contributed by atoms with Crippen LogP contribution in [-0.2, 0) is 29.0 Å². The summed E-state index contributed by atoms with van der Waals surface area (Å²) in [4.78, 5) is 27.2. The summed E-state index contributed by atoms with van der Waals surface area (Å²) in [6.07, 6.45) is -0.298. The smallest absolute Gasteiger partial charge is 0.422 e. The standard InChI is InChI=1S/C24H27F4N5O4/c25-19-10-18(37-15-24(26,27)28)3-2-17(19)12-36-22(35)31-7-5-23(6-8-31)13-32(14-23)33-21-9-16(11-34)1-4-20(21)29-30-33/h2-3,10-11,16H,1,4-9,12-15H2. The lowest BCUT2D eigenvalue weighted by molar-refractivity contribution is -0.153. The molecule has 1 unspecified atom stereocenters. The molecule has 2 saturated heterocycles. The summed E-state index contributed by atoms with van der Waals surface area (Å²) in [6.45, 7) is 0.719. The Morgan fingerprint density at radius 2 is 1.97 bits per heavy atom. The van der Waals surface area contributed by atoms with Gasteiger partial charge in [-0.3, -0.25) is 5.01 Å². The first-order valence-corrected chi connectivity index (χ1v) is 12.2. The van der Waals surface area contributed by atoms with Crippen LogP contribution in [0.1, 0.15) is 36.2 Å². The Morgan fingerprint density at radius 1 is 1.22 bits per heavy atom. The van der Waals surface area contributed by atoms with Crippen LogP contribution in [0, 0.1) is 17.2 Å². The number of aldehydes is 1. The Labute approximate surface area is 210 Å². The Hall–Kier alpha value is -3.38. The van der Waals surface area contributed by atoms with Crippen molar-refractivity contribution in [2.24, 2.45) is 11.3 Å². The van der Waals surface area contributed by atoms with Crippen LogP contribution in [-0.4, -0.2) is 71.3 Å². The summed E-state index contributed by atoms with van der Waals surface area (Å²) in [7, 11) is 0. The number of rotatable bonds is 6. The predicted molar refractivity (Wildman–Crippen MR) is 121 cm³/mol. The third-order valence-electron chi connectivity index (χ3n) is 7.39. The summed E-state index contributed by atoms with van der Waals surface area (Å²) >= 11 is 0. The number of likely N-dealkylation sites (tertiary alicyclic amines) is 1. The van der Waals surface area contributed by atoms with E-state index in [2.05, 4.69) is 20.1 Å². The van der Waals surface area contributed by atoms with Crippen LogP contribution < -0.4 is 9.75 Å². The van der Waals surface area contributed by atoms with Gasteiger partial charge in [-0.25, -0.2) is 9.18 Å². The molecular weight excluding hydrogens is 498 g/mol. The Morgan fingerprint density at radius 3 is 2.65 bits per heavy atom. The van der Waals surface area contributed by atoms with Crippen molar-refractivity contribution in [3.63, 3.8) is 0 Å². The van der Waals surface area contributed by atoms with Crippen molar-refractivity contribution in [1.29, 1.82) is 0 Å². The summed E-state index contributed by atoms with van der Waals surface area (Å²) in [5, 5.41) is 10.7. The number of hydrogen-bond donors (Lipinski definition) is 0. The van der Waals surface area contributed by atoms with Crippen molar-refractivity contribution in [1.82, 2.24) is 20.0 Å². The summed E-state index contributed by atoms with van der Waals surface area (Å²) in [5.41, 5.74) is 2.07. The molecule has 3 heterocycles. The molecule has 13 heteroatoms. The summed E-state index contributed by atoms with van der Waals surface area (Å²) in [5.74, 6) is -1.06. The second-order valence-electron chi connectivity index (χ2n) is 10.0. The average molecular weight is 526 g/mol. The van der Waals surface area contributed by atoms with Crippen LogP contribution in [0.4, 0.5) is 22.4 Å². The molecule has 200 valence electrons. The maximum atomic E-state index is 14.2. The molecule has 1 atom stereocenters. The predicted octanol–water partition coefficient (Wildman–Crippen LogP) is 3.03. The lowest BCUT2D eigenvalue weighted by Crippen LogP contribution is -2.65. The molecule has 0 radical (unpaired) electrons. The van der Waals surface area contributed by atoms with Crippen molar-refractivity contribution in [2.45, 2.75) is 44.9 Å². The lowest BCUT2D eigenvalue weighted by Gasteiger charge is -2.54. The molecule has 1 aliphatic carbocycles. The SMILES string of the molecule is O=CC1CCc2nnn(N3CC4(CCN(C(=O)OCc5ccc(OCC(F)(F)F)cc5F)CC4)C3)c2C1. The number of carbonyl (C=O) groups excluding carboxylic acids is 2. The van der Waals surface area contributed by atoms with E-state index in [1.165, 1.54) is 12.1 Å². The summed E-state index contributed by atoms with van der Waals surface area (Å²) < 4.78 is 60.7. The minimum Gasteiger partial charge on any atom is -0.484 e. The second kappa shape index (κ2) is 9.82. The van der Waals surface area contributed by atoms with Gasteiger partial charge >= 0.3 is 12.3 Å². The number of aryl methyl sites for hydroxylation is 1. The van der Waals surface area contributed by atoms with Gasteiger partial charge < -0.3 is 19.2 Å². The third-order valence-corrected chi connectivity index (χ3v) is 7.39. The zero-order valence-corrected chi connectivity index (χ0v) is 20.0. The van der Waals surface area contributed by atoms with Gasteiger partial charge in [-0.1, -0.05) is 0 Å². The number of piperidine rings is 1. The van der Waals surface area contributed by atoms with E-state index in [9.17, 15) is 27.2 Å². The van der Waals surface area contributed by atoms with Gasteiger partial charge in [0, 0.05) is 55.6 Å². The third kappa shape index (κ3) is 5.49. The first-order chi connectivity index (χ1) is 17.6. The largest absolute Gasteiger partial charge is 0.484 e. The van der Waals surface area contributed by atoms with Crippen molar-refractivity contribution in [3.05, 3.63) is 41.0 Å². The number of alkyl halides is 3. The quantitative estimate of drug-likeness (QED) is 0.423. The fraction of sp³-hybridized carbons (Fsp3) is 0.583. The average Bonchev–Trinajstić information content (AvgIpc) is 3.27. The normalized spacial score (nSPS) is 20.8. The molecule has 1 amide bonds. The fourth-order valence-corrected chi connectivity index (χ4v) is 5.21. The number of ether oxygens (including phenoxy) is 2. The summed E-state index contributed by atoms with van der Waals surface area (Å²) in [6, 6.07) is 3.28. The Balaban J connectivity index is 1.08. The number of hydrogen-bond acceptors (Lipinski definition) is 7. The van der Waals surface area contributed by atoms with Crippen LogP contribution in [0.5, 0.6) is 5.75 Å². The van der Waals surface area contributed by atoms with Crippen LogP contribution in [0.15, 0.2) is 18.2 Å². The highest BCUT2D eigenvalue weighted by Crippen LogP contribution is 2.40. The van der Waals surface area contributed by atoms with Crippen LogP contribution in [0.2, 0.25) is 0 Å². The first-order valence-electron chi connectivity index (χ1n) is 12.2. The van der Waals surface area contributed by atoms with Crippen LogP contribution >= 0.6 is 0 Å². The Kier molecular flexibility index (Phi) is 6.71. The molecule has 0 saturated carbocycles. The molecule has 5 rings (SSSR count). The number of fused-ring (bicyclic) bond motifs is 1. The molecule has 1 aromatic heterocycles. The van der Waals surface area contributed by atoms with E-state index < -0.39 is 24.7 Å². The number of nitrogens with zero attached hydrogens (tertiary/aromatic N) is 5. The number of benzene rings is 1. The zero-order valence-electron chi connectivity index (χ0n) is 20.0. The minimum atomic E-state index is -4.52. The van der Waals surface area contributed by atoms with Crippen LogP contribution in [0.25, 0.3) is 0 Å². The van der Waals surface area contributed by atoms with E-state index in [0.29, 0.717) is 19.5 Å². The van der Waals surface area contributed by atoms with Gasteiger partial charge in [0.05, 0.1) is 11.4 Å². The molecule has 2 aromatic rings. The first kappa shape index (κ1) is 25.3. The van der Waals surface area contributed by atoms with E-state index in [1.807, 2.05) is 4.79 Å². The van der Waals surface area contributed by atoms with Crippen molar-refractivity contribution >= 4 is 12.4 Å². The molecule has 2 fully saturated rings. The van der Waals surface area contributed by atoms with Gasteiger partial charge in [0.1, 0.15) is 24.5 Å². The monoisotopic (exact) mass is 525 g/mol. The van der Waals surface area contributed by atoms with Gasteiger partial charge in [-0.2, -0.15) is 18.0 Å². The number of carbonyl (C=O) groups is 2. The molecular formula is C24H27F4N5O4. The molecule has 9 nitrogen and oxygen atoms in total. The van der Waals surface area contributed by atoms with E-state index in [-0.39, 0.29) is 29.3 Å². The van der Waals surface area contributed by atoms with E-state index >= 15 is 0 Å². The minimum absolute atomic E-state index is 0.00312. The van der Waals surface area contributed by atoms with Gasteiger partial charge in [-0.15, -0.1) is 5.10 Å². The maximum absolute atomic E-state index is 14.2. The zero-order chi connectivity index (χ0) is 26.2. The van der Waals surface area contributed by atoms with Crippen molar-refractivity contribution < 1.29 is 36.6 Å². The lowest BCUT2D eigenvalue weighted by atomic mass is 9.73. The Bertz CT molecular complexity index is 1150. The maximum Gasteiger partial charge on any atom is 0.422 e. The number of aromatic nitrogens is 3. The van der Waals surface area contributed by atoms with E-state index in [4.69, 9.17) is 4.74 Å². The second-order valence-corrected chi connectivity index (χ2v) is 10.0. The van der Waals surface area contributed by atoms with Gasteiger partial charge in [0.2, 0.25) is 0 Å². The molecule has 1 aromatic carbocycles. The highest BCUT2D eigenvalue weighted by molar-refractivity contribution is 5.67. The highest BCUT2D eigenvalue weighted by atomic mass is 19.4. The molecule has 37 heavy (non-hydrogen) atoms. The van der Waals surface area contributed by atoms with Gasteiger partial charge in [-0.05, 0) is 43.0 Å². The molecule has 0 N–H and O–H groups in total. The highest BCUT2D eigenvalue weighted by Gasteiger charge is 2.47. The number of amides is 1. The van der Waals surface area contributed by atoms with Gasteiger partial charge in [0.15, 0.2) is 6.61 Å². The van der Waals surface area contributed by atoms with Crippen molar-refractivity contribution in [3.8, 4) is 5.75 Å². The fourth-order valence-electron chi connectivity index (χ4n) is 5.21. The van der Waals surface area contributed by atoms with E-state index in [1.54, 1.807) is 4.90 Å². The van der Waals surface area contributed by atoms with Gasteiger partial charge in [0.25, 0.3) is 0 Å². The van der Waals surface area contributed by atoms with Crippen molar-refractivity contribution in [2.75, 3.05) is 37.8 Å². The topological polar surface area (TPSA) is 89.8 Å². The van der Waals surface area contributed by atoms with E-state index in [0.717, 1.165) is 62.5 Å². The molecule has 1 spiro atoms. The molecule has 2 aliphatic heterocycles. The molecule has 0 bridgehead atoms. The number of halogens is 4. The molecule has 3 aliphatic rings.